The average molecular weight is 479 g/mol. The molecule has 0 atom stereocenters. The number of H-pyrrole nitrogens is 1. The Balaban J connectivity index is 1.83. The molecule has 174 valence electrons. The minimum absolute atomic E-state index is 0.118. The Bertz CT molecular complexity index is 1550. The predicted octanol–water partition coefficient (Wildman–Crippen LogP) is 3.84. The number of nitrogens with one attached hydrogen (secondary N) is 1. The van der Waals surface area contributed by atoms with E-state index in [0.29, 0.717) is 11.1 Å². The minimum Gasteiger partial charge on any atom is -0.322 e. The van der Waals surface area contributed by atoms with E-state index in [2.05, 4.69) is 9.97 Å². The van der Waals surface area contributed by atoms with Crippen LogP contribution in [0.25, 0.3) is 10.9 Å². The zero-order chi connectivity index (χ0) is 24.5. The van der Waals surface area contributed by atoms with Gasteiger partial charge in [-0.25, -0.2) is 8.42 Å². The summed E-state index contributed by atoms with van der Waals surface area (Å²) in [5.41, 5.74) is 2.55. The number of nitrogens with zero attached hydrogens (tertiary/aromatic N) is 3. The number of aryl methyl sites for hydroxylation is 2. The summed E-state index contributed by atoms with van der Waals surface area (Å²) in [5, 5.41) is 12.3. The molecular formula is C24H22N4O5S. The van der Waals surface area contributed by atoms with Crippen molar-refractivity contribution in [3.8, 4) is 0 Å². The van der Waals surface area contributed by atoms with E-state index in [1.807, 2.05) is 26.0 Å². The number of nitro groups is 1. The number of hydrogen-bond donors (Lipinski definition) is 1. The maximum Gasteiger partial charge on any atom is 0.289 e. The molecule has 34 heavy (non-hydrogen) atoms. The standard InChI is InChI=1S/C24H22N4O5S/c1-16-10-19-12-20(24(29)26-21(19)11-17(16)2)15-27(14-18-6-5-9-25-13-18)34(32,33)23-8-4-3-7-22(23)28(30)31/h3-13H,14-15H2,1-2H3,(H,26,29). The monoisotopic (exact) mass is 478 g/mol. The number of rotatable bonds is 7. The molecule has 0 fully saturated rings. The lowest BCUT2D eigenvalue weighted by Gasteiger charge is -2.22. The molecule has 0 saturated carbocycles. The molecule has 2 heterocycles. The van der Waals surface area contributed by atoms with Gasteiger partial charge >= 0.3 is 0 Å². The molecule has 4 aromatic rings. The first-order chi connectivity index (χ1) is 16.2. The van der Waals surface area contributed by atoms with E-state index in [1.54, 1.807) is 24.4 Å². The number of benzene rings is 2. The van der Waals surface area contributed by atoms with Crippen molar-refractivity contribution in [1.82, 2.24) is 14.3 Å². The zero-order valence-electron chi connectivity index (χ0n) is 18.6. The van der Waals surface area contributed by atoms with Gasteiger partial charge in [0.2, 0.25) is 0 Å². The fraction of sp³-hybridized carbons (Fsp3) is 0.167. The maximum absolute atomic E-state index is 13.6. The summed E-state index contributed by atoms with van der Waals surface area (Å²) in [6.07, 6.45) is 3.07. The van der Waals surface area contributed by atoms with E-state index < -0.39 is 31.1 Å². The number of pyridine rings is 2. The fourth-order valence-corrected chi connectivity index (χ4v) is 5.28. The van der Waals surface area contributed by atoms with Crippen molar-refractivity contribution in [3.05, 3.63) is 110 Å². The highest BCUT2D eigenvalue weighted by molar-refractivity contribution is 7.89. The van der Waals surface area contributed by atoms with Crippen LogP contribution < -0.4 is 5.56 Å². The number of sulfonamides is 1. The molecule has 0 aliphatic heterocycles. The number of aromatic nitrogens is 2. The lowest BCUT2D eigenvalue weighted by Crippen LogP contribution is -2.33. The number of aromatic amines is 1. The largest absolute Gasteiger partial charge is 0.322 e. The Morgan fingerprint density at radius 1 is 1.03 bits per heavy atom. The SMILES string of the molecule is Cc1cc2cc(CN(Cc3cccnc3)S(=O)(=O)c3ccccc3[N+](=O)[O-])c(=O)[nH]c2cc1C. The van der Waals surface area contributed by atoms with Crippen LogP contribution in [0.4, 0.5) is 5.69 Å². The third-order valence-electron chi connectivity index (χ3n) is 5.64. The first kappa shape index (κ1) is 23.3. The van der Waals surface area contributed by atoms with E-state index >= 15 is 0 Å². The maximum atomic E-state index is 13.6. The van der Waals surface area contributed by atoms with Crippen LogP contribution in [0.2, 0.25) is 0 Å². The van der Waals surface area contributed by atoms with Crippen LogP contribution in [-0.2, 0) is 23.1 Å². The third-order valence-corrected chi connectivity index (χ3v) is 7.48. The molecule has 1 N–H and O–H groups in total. The Kier molecular flexibility index (Phi) is 6.27. The van der Waals surface area contributed by atoms with Gasteiger partial charge in [-0.3, -0.25) is 19.9 Å². The molecule has 0 radical (unpaired) electrons. The summed E-state index contributed by atoms with van der Waals surface area (Å²) in [6, 6.07) is 14.0. The highest BCUT2D eigenvalue weighted by Gasteiger charge is 2.32. The molecule has 2 aromatic heterocycles. The second kappa shape index (κ2) is 9.16. The predicted molar refractivity (Wildman–Crippen MR) is 128 cm³/mol. The Morgan fingerprint density at radius 2 is 1.76 bits per heavy atom. The molecule has 0 bridgehead atoms. The normalized spacial score (nSPS) is 11.7. The molecule has 0 amide bonds. The van der Waals surface area contributed by atoms with Crippen molar-refractivity contribution >= 4 is 26.6 Å². The summed E-state index contributed by atoms with van der Waals surface area (Å²) in [4.78, 5) is 30.1. The van der Waals surface area contributed by atoms with Crippen molar-refractivity contribution in [1.29, 1.82) is 0 Å². The molecular weight excluding hydrogens is 456 g/mol. The van der Waals surface area contributed by atoms with Gasteiger partial charge in [0.1, 0.15) is 0 Å². The Hall–Kier alpha value is -3.89. The van der Waals surface area contributed by atoms with Gasteiger partial charge in [-0.1, -0.05) is 18.2 Å². The van der Waals surface area contributed by atoms with E-state index in [-0.39, 0.29) is 18.7 Å². The number of para-hydroxylation sites is 1. The van der Waals surface area contributed by atoms with Crippen LogP contribution in [0.3, 0.4) is 0 Å². The summed E-state index contributed by atoms with van der Waals surface area (Å²) < 4.78 is 28.3. The van der Waals surface area contributed by atoms with Gasteiger partial charge in [0.25, 0.3) is 21.3 Å². The van der Waals surface area contributed by atoms with E-state index in [1.165, 1.54) is 24.4 Å². The van der Waals surface area contributed by atoms with E-state index in [9.17, 15) is 23.3 Å². The van der Waals surface area contributed by atoms with Crippen LogP contribution in [0.15, 0.2) is 76.7 Å². The van der Waals surface area contributed by atoms with Crippen molar-refractivity contribution < 1.29 is 13.3 Å². The second-order valence-electron chi connectivity index (χ2n) is 8.01. The lowest BCUT2D eigenvalue weighted by atomic mass is 10.0. The van der Waals surface area contributed by atoms with Crippen LogP contribution in [-0.4, -0.2) is 27.6 Å². The second-order valence-corrected chi connectivity index (χ2v) is 9.91. The highest BCUT2D eigenvalue weighted by atomic mass is 32.2. The highest BCUT2D eigenvalue weighted by Crippen LogP contribution is 2.28. The molecule has 9 nitrogen and oxygen atoms in total. The lowest BCUT2D eigenvalue weighted by molar-refractivity contribution is -0.387. The molecule has 0 saturated heterocycles. The number of fused-ring (bicyclic) bond motifs is 1. The smallest absolute Gasteiger partial charge is 0.289 e. The van der Waals surface area contributed by atoms with Gasteiger partial charge in [-0.15, -0.1) is 0 Å². The van der Waals surface area contributed by atoms with Gasteiger partial charge in [0.05, 0.1) is 4.92 Å². The summed E-state index contributed by atoms with van der Waals surface area (Å²) in [5.74, 6) is 0. The van der Waals surface area contributed by atoms with Crippen LogP contribution in [0.1, 0.15) is 22.3 Å². The van der Waals surface area contributed by atoms with Crippen molar-refractivity contribution in [2.75, 3.05) is 0 Å². The van der Waals surface area contributed by atoms with Crippen LogP contribution in [0.5, 0.6) is 0 Å². The number of hydrogen-bond acceptors (Lipinski definition) is 6. The minimum atomic E-state index is -4.35. The molecule has 0 unspecified atom stereocenters. The molecule has 2 aromatic carbocycles. The topological polar surface area (TPSA) is 126 Å². The molecule has 4 rings (SSSR count). The quantitative estimate of drug-likeness (QED) is 0.318. The van der Waals surface area contributed by atoms with Crippen LogP contribution in [0, 0.1) is 24.0 Å². The molecule has 0 aliphatic carbocycles. The molecule has 0 spiro atoms. The van der Waals surface area contributed by atoms with Gasteiger partial charge in [0.15, 0.2) is 4.90 Å². The molecule has 10 heteroatoms. The Morgan fingerprint density at radius 3 is 2.47 bits per heavy atom. The van der Waals surface area contributed by atoms with Gasteiger partial charge < -0.3 is 4.98 Å². The van der Waals surface area contributed by atoms with E-state index in [0.717, 1.165) is 26.9 Å². The van der Waals surface area contributed by atoms with Crippen molar-refractivity contribution in [3.63, 3.8) is 0 Å². The summed E-state index contributed by atoms with van der Waals surface area (Å²) in [7, 11) is -4.35. The average Bonchev–Trinajstić information content (AvgIpc) is 2.81. The fourth-order valence-electron chi connectivity index (χ4n) is 3.72. The van der Waals surface area contributed by atoms with Crippen LogP contribution >= 0.6 is 0 Å². The van der Waals surface area contributed by atoms with Crippen molar-refractivity contribution in [2.24, 2.45) is 0 Å². The number of nitro benzene ring substituents is 1. The van der Waals surface area contributed by atoms with Gasteiger partial charge in [0, 0.05) is 42.6 Å². The third kappa shape index (κ3) is 4.59. The summed E-state index contributed by atoms with van der Waals surface area (Å²) in [6.45, 7) is 3.50. The van der Waals surface area contributed by atoms with Gasteiger partial charge in [-0.2, -0.15) is 4.31 Å². The first-order valence-electron chi connectivity index (χ1n) is 10.4. The molecule has 0 aliphatic rings. The Labute approximate surface area is 195 Å². The summed E-state index contributed by atoms with van der Waals surface area (Å²) >= 11 is 0. The van der Waals surface area contributed by atoms with Crippen molar-refractivity contribution in [2.45, 2.75) is 31.8 Å². The zero-order valence-corrected chi connectivity index (χ0v) is 19.4. The van der Waals surface area contributed by atoms with E-state index in [4.69, 9.17) is 0 Å². The first-order valence-corrected chi connectivity index (χ1v) is 11.9. The van der Waals surface area contributed by atoms with Gasteiger partial charge in [-0.05, 0) is 66.3 Å².